The van der Waals surface area contributed by atoms with Crippen molar-refractivity contribution in [3.8, 4) is 11.1 Å². The van der Waals surface area contributed by atoms with Gasteiger partial charge in [0.25, 0.3) is 0 Å². The normalized spacial score (nSPS) is 26.7. The van der Waals surface area contributed by atoms with Gasteiger partial charge < -0.3 is 14.6 Å². The molecule has 2 heterocycles. The zero-order valence-corrected chi connectivity index (χ0v) is 19.0. The number of fused-ring (bicyclic) bond motifs is 5. The van der Waals surface area contributed by atoms with Crippen LogP contribution in [0, 0.1) is 5.92 Å². The van der Waals surface area contributed by atoms with Crippen LogP contribution >= 0.6 is 0 Å². The first-order chi connectivity index (χ1) is 15.5. The van der Waals surface area contributed by atoms with Gasteiger partial charge in [-0.15, -0.1) is 0 Å². The molecule has 32 heavy (non-hydrogen) atoms. The van der Waals surface area contributed by atoms with Gasteiger partial charge in [0.1, 0.15) is 6.61 Å². The first-order valence-electron chi connectivity index (χ1n) is 11.9. The van der Waals surface area contributed by atoms with Crippen LogP contribution in [0.5, 0.6) is 0 Å². The Morgan fingerprint density at radius 1 is 1.06 bits per heavy atom. The van der Waals surface area contributed by atoms with Crippen molar-refractivity contribution in [2.24, 2.45) is 5.92 Å². The molecule has 5 nitrogen and oxygen atoms in total. The van der Waals surface area contributed by atoms with Crippen LogP contribution < -0.4 is 0 Å². The maximum absolute atomic E-state index is 13.2. The van der Waals surface area contributed by atoms with Crippen LogP contribution in [0.3, 0.4) is 0 Å². The van der Waals surface area contributed by atoms with Gasteiger partial charge >= 0.3 is 6.09 Å². The van der Waals surface area contributed by atoms with Gasteiger partial charge in [0.2, 0.25) is 0 Å². The van der Waals surface area contributed by atoms with Crippen LogP contribution in [0.15, 0.2) is 48.5 Å². The van der Waals surface area contributed by atoms with Crippen LogP contribution in [0.1, 0.15) is 56.6 Å². The van der Waals surface area contributed by atoms with Crippen molar-refractivity contribution in [2.75, 3.05) is 19.8 Å². The van der Waals surface area contributed by atoms with E-state index in [2.05, 4.69) is 50.2 Å². The average molecular weight is 436 g/mol. The van der Waals surface area contributed by atoms with Crippen LogP contribution in [0.25, 0.3) is 11.1 Å². The minimum atomic E-state index is -0.719. The summed E-state index contributed by atoms with van der Waals surface area (Å²) >= 11 is 0. The predicted molar refractivity (Wildman–Crippen MR) is 124 cm³/mol. The van der Waals surface area contributed by atoms with Crippen LogP contribution in [0.4, 0.5) is 4.79 Å². The molecular weight excluding hydrogens is 402 g/mol. The number of ether oxygens (including phenoxy) is 2. The van der Waals surface area contributed by atoms with E-state index in [9.17, 15) is 9.90 Å². The average Bonchev–Trinajstić information content (AvgIpc) is 3.09. The summed E-state index contributed by atoms with van der Waals surface area (Å²) in [4.78, 5) is 15.1. The molecule has 2 aromatic carbocycles. The summed E-state index contributed by atoms with van der Waals surface area (Å²) in [6.45, 7) is 5.61. The summed E-state index contributed by atoms with van der Waals surface area (Å²) in [5.41, 5.74) is 4.16. The zero-order valence-electron chi connectivity index (χ0n) is 19.0. The summed E-state index contributed by atoms with van der Waals surface area (Å²) < 4.78 is 11.7. The van der Waals surface area contributed by atoms with Gasteiger partial charge in [-0.2, -0.15) is 0 Å². The molecule has 0 radical (unpaired) electrons. The Labute approximate surface area is 190 Å². The number of hydrogen-bond acceptors (Lipinski definition) is 4. The molecule has 1 N–H and O–H groups in total. The summed E-state index contributed by atoms with van der Waals surface area (Å²) in [7, 11) is 0. The van der Waals surface area contributed by atoms with Gasteiger partial charge in [-0.3, -0.25) is 4.90 Å². The smallest absolute Gasteiger partial charge is 0.410 e. The number of hydrogen-bond donors (Lipinski definition) is 1. The number of morpholine rings is 1. The quantitative estimate of drug-likeness (QED) is 0.721. The fourth-order valence-electron chi connectivity index (χ4n) is 5.80. The molecule has 2 saturated heterocycles. The molecule has 2 aliphatic heterocycles. The number of rotatable bonds is 5. The van der Waals surface area contributed by atoms with E-state index in [-0.39, 0.29) is 24.1 Å². The molecule has 5 rings (SSSR count). The monoisotopic (exact) mass is 435 g/mol. The Kier molecular flexibility index (Phi) is 5.72. The van der Waals surface area contributed by atoms with E-state index >= 15 is 0 Å². The number of benzene rings is 2. The van der Waals surface area contributed by atoms with Gasteiger partial charge in [0.05, 0.1) is 30.9 Å². The first kappa shape index (κ1) is 21.5. The maximum atomic E-state index is 13.2. The lowest BCUT2D eigenvalue weighted by atomic mass is 9.77. The molecule has 0 saturated carbocycles. The number of carbonyl (C=O) groups is 1. The Bertz CT molecular complexity index is 928. The van der Waals surface area contributed by atoms with E-state index in [4.69, 9.17) is 9.47 Å². The number of carbonyl (C=O) groups excluding carboxylic acids is 1. The lowest BCUT2D eigenvalue weighted by Crippen LogP contribution is -2.63. The van der Waals surface area contributed by atoms with E-state index in [1.165, 1.54) is 22.3 Å². The summed E-state index contributed by atoms with van der Waals surface area (Å²) in [5, 5.41) is 11.2. The molecule has 1 aliphatic carbocycles. The van der Waals surface area contributed by atoms with Crippen molar-refractivity contribution >= 4 is 6.09 Å². The van der Waals surface area contributed by atoms with Gasteiger partial charge in [0, 0.05) is 5.92 Å². The van der Waals surface area contributed by atoms with Crippen molar-refractivity contribution in [3.05, 3.63) is 59.7 Å². The number of piperidine rings is 1. The Morgan fingerprint density at radius 3 is 2.19 bits per heavy atom. The molecule has 170 valence electrons. The molecule has 0 spiro atoms. The Hall–Kier alpha value is -2.37. The van der Waals surface area contributed by atoms with Crippen molar-refractivity contribution in [1.29, 1.82) is 0 Å². The summed E-state index contributed by atoms with van der Waals surface area (Å²) in [6.07, 6.45) is 2.59. The summed E-state index contributed by atoms with van der Waals surface area (Å²) in [5.74, 6) is 0.602. The Morgan fingerprint density at radius 2 is 1.62 bits per heavy atom. The largest absolute Gasteiger partial charge is 0.448 e. The second-order valence-corrected chi connectivity index (χ2v) is 10.1. The number of aliphatic hydroxyl groups is 1. The highest BCUT2D eigenvalue weighted by molar-refractivity contribution is 5.79. The molecule has 2 atom stereocenters. The van der Waals surface area contributed by atoms with E-state index in [0.717, 1.165) is 12.8 Å². The van der Waals surface area contributed by atoms with Crippen LogP contribution in [-0.2, 0) is 9.47 Å². The van der Waals surface area contributed by atoms with Crippen molar-refractivity contribution < 1.29 is 19.4 Å². The lowest BCUT2D eigenvalue weighted by Gasteiger charge is -2.51. The highest BCUT2D eigenvalue weighted by Crippen LogP contribution is 2.45. The van der Waals surface area contributed by atoms with Crippen molar-refractivity contribution in [3.63, 3.8) is 0 Å². The van der Waals surface area contributed by atoms with Gasteiger partial charge in [-0.1, -0.05) is 62.4 Å². The lowest BCUT2D eigenvalue weighted by molar-refractivity contribution is -0.136. The van der Waals surface area contributed by atoms with E-state index < -0.39 is 5.60 Å². The molecule has 5 heteroatoms. The molecule has 2 bridgehead atoms. The number of amides is 1. The minimum Gasteiger partial charge on any atom is -0.448 e. The molecule has 0 aromatic heterocycles. The van der Waals surface area contributed by atoms with Crippen LogP contribution in [0.2, 0.25) is 0 Å². The second kappa shape index (κ2) is 8.53. The maximum Gasteiger partial charge on any atom is 0.410 e. The van der Waals surface area contributed by atoms with Crippen molar-refractivity contribution in [1.82, 2.24) is 4.90 Å². The Balaban J connectivity index is 1.29. The van der Waals surface area contributed by atoms with E-state index in [1.807, 2.05) is 17.0 Å². The fraction of sp³-hybridized carbons (Fsp3) is 0.519. The highest BCUT2D eigenvalue weighted by atomic mass is 16.6. The molecule has 3 aliphatic rings. The van der Waals surface area contributed by atoms with Gasteiger partial charge in [0.15, 0.2) is 0 Å². The predicted octanol–water partition coefficient (Wildman–Crippen LogP) is 4.97. The molecule has 1 amide bonds. The van der Waals surface area contributed by atoms with E-state index in [1.54, 1.807) is 0 Å². The molecular formula is C27H33NO4. The van der Waals surface area contributed by atoms with Gasteiger partial charge in [-0.25, -0.2) is 4.79 Å². The third-order valence-electron chi connectivity index (χ3n) is 7.37. The SMILES string of the molecule is CC(C)CCC1(O)CC2COCC(C1)N2C(=O)OCC1c2ccccc2-c2ccccc21. The molecule has 2 unspecified atom stereocenters. The second-order valence-electron chi connectivity index (χ2n) is 10.1. The summed E-state index contributed by atoms with van der Waals surface area (Å²) in [6, 6.07) is 16.5. The topological polar surface area (TPSA) is 59.0 Å². The number of nitrogens with zero attached hydrogens (tertiary/aromatic N) is 1. The first-order valence-corrected chi connectivity index (χ1v) is 11.9. The standard InChI is InChI=1S/C27H33NO4/c1-18(2)11-12-27(30)13-19-15-31-16-20(14-27)28(19)26(29)32-17-25-23-9-5-3-7-21(23)22-8-4-6-10-24(22)25/h3-10,18-20,25,30H,11-17H2,1-2H3. The van der Waals surface area contributed by atoms with E-state index in [0.29, 0.717) is 38.6 Å². The third kappa shape index (κ3) is 3.93. The molecule has 2 aromatic rings. The van der Waals surface area contributed by atoms with Crippen LogP contribution in [-0.4, -0.2) is 53.6 Å². The third-order valence-corrected chi connectivity index (χ3v) is 7.37. The van der Waals surface area contributed by atoms with Gasteiger partial charge in [-0.05, 0) is 53.9 Å². The highest BCUT2D eigenvalue weighted by Gasteiger charge is 2.48. The minimum absolute atomic E-state index is 0.0511. The molecule has 2 fully saturated rings. The van der Waals surface area contributed by atoms with Crippen molar-refractivity contribution in [2.45, 2.75) is 63.1 Å². The fourth-order valence-corrected chi connectivity index (χ4v) is 5.80. The zero-order chi connectivity index (χ0) is 22.3.